The first-order valence-corrected chi connectivity index (χ1v) is 12.2. The van der Waals surface area contributed by atoms with Crippen molar-refractivity contribution >= 4 is 10.8 Å². The average molecular weight is 425 g/mol. The van der Waals surface area contributed by atoms with Gasteiger partial charge in [-0.2, -0.15) is 0 Å². The van der Waals surface area contributed by atoms with Crippen molar-refractivity contribution in [2.75, 3.05) is 6.61 Å². The summed E-state index contributed by atoms with van der Waals surface area (Å²) in [6.07, 6.45) is 13.9. The van der Waals surface area contributed by atoms with Gasteiger partial charge in [0, 0.05) is 5.92 Å². The van der Waals surface area contributed by atoms with Crippen molar-refractivity contribution in [1.29, 1.82) is 0 Å². The fourth-order valence-corrected chi connectivity index (χ4v) is 5.01. The minimum atomic E-state index is 0.379. The van der Waals surface area contributed by atoms with Gasteiger partial charge in [-0.3, -0.25) is 0 Å². The zero-order valence-electron chi connectivity index (χ0n) is 19.8. The smallest absolute Gasteiger partial charge is 0.120 e. The molecule has 0 aliphatic heterocycles. The number of benzene rings is 3. The lowest BCUT2D eigenvalue weighted by molar-refractivity contribution is 0.363. The SMILES string of the molecule is C/C=C/COc1ccc2cc(C(C)c3ccc(C4CCC(/C=C/C)CC4)cc3)ccc2c1. The zero-order chi connectivity index (χ0) is 22.3. The first kappa shape index (κ1) is 22.4. The molecule has 3 aromatic carbocycles. The van der Waals surface area contributed by atoms with Crippen LogP contribution in [0.15, 0.2) is 85.0 Å². The lowest BCUT2D eigenvalue weighted by Crippen LogP contribution is -2.11. The third kappa shape index (κ3) is 5.33. The molecule has 32 heavy (non-hydrogen) atoms. The fraction of sp³-hybridized carbons (Fsp3) is 0.355. The van der Waals surface area contributed by atoms with E-state index in [0.717, 1.165) is 17.6 Å². The molecule has 1 saturated carbocycles. The Morgan fingerprint density at radius 2 is 1.50 bits per heavy atom. The Hall–Kier alpha value is -2.80. The Balaban J connectivity index is 1.44. The lowest BCUT2D eigenvalue weighted by atomic mass is 9.78. The molecule has 3 aromatic rings. The molecular weight excluding hydrogens is 388 g/mol. The zero-order valence-corrected chi connectivity index (χ0v) is 19.8. The van der Waals surface area contributed by atoms with Crippen LogP contribution in [0.2, 0.25) is 0 Å². The number of hydrogen-bond acceptors (Lipinski definition) is 1. The first-order valence-electron chi connectivity index (χ1n) is 12.2. The minimum Gasteiger partial charge on any atom is -0.490 e. The van der Waals surface area contributed by atoms with Gasteiger partial charge in [0.1, 0.15) is 12.4 Å². The van der Waals surface area contributed by atoms with Gasteiger partial charge in [-0.1, -0.05) is 79.8 Å². The predicted molar refractivity (Wildman–Crippen MR) is 138 cm³/mol. The van der Waals surface area contributed by atoms with Crippen molar-refractivity contribution in [2.24, 2.45) is 5.92 Å². The van der Waals surface area contributed by atoms with Gasteiger partial charge in [0.2, 0.25) is 0 Å². The van der Waals surface area contributed by atoms with Gasteiger partial charge in [-0.25, -0.2) is 0 Å². The van der Waals surface area contributed by atoms with E-state index in [9.17, 15) is 0 Å². The highest BCUT2D eigenvalue weighted by Crippen LogP contribution is 2.37. The maximum atomic E-state index is 5.79. The molecule has 1 aliphatic carbocycles. The predicted octanol–water partition coefficient (Wildman–Crippen LogP) is 8.80. The van der Waals surface area contributed by atoms with Crippen molar-refractivity contribution in [3.63, 3.8) is 0 Å². The molecule has 4 rings (SSSR count). The summed E-state index contributed by atoms with van der Waals surface area (Å²) in [6, 6.07) is 22.6. The van der Waals surface area contributed by atoms with Gasteiger partial charge >= 0.3 is 0 Å². The van der Waals surface area contributed by atoms with Crippen LogP contribution in [-0.4, -0.2) is 6.61 Å². The number of fused-ring (bicyclic) bond motifs is 1. The number of ether oxygens (including phenoxy) is 1. The van der Waals surface area contributed by atoms with E-state index in [-0.39, 0.29) is 0 Å². The molecule has 0 radical (unpaired) electrons. The van der Waals surface area contributed by atoms with E-state index in [1.165, 1.54) is 53.1 Å². The van der Waals surface area contributed by atoms with Gasteiger partial charge in [0.15, 0.2) is 0 Å². The second-order valence-electron chi connectivity index (χ2n) is 9.17. The fourth-order valence-electron chi connectivity index (χ4n) is 5.01. The Bertz CT molecular complexity index is 1070. The molecule has 1 heteroatoms. The summed E-state index contributed by atoms with van der Waals surface area (Å²) in [5.41, 5.74) is 4.27. The summed E-state index contributed by atoms with van der Waals surface area (Å²) in [4.78, 5) is 0. The van der Waals surface area contributed by atoms with Crippen LogP contribution in [0.25, 0.3) is 10.8 Å². The Labute approximate surface area is 193 Å². The molecule has 0 aromatic heterocycles. The molecule has 1 atom stereocenters. The van der Waals surface area contributed by atoms with Crippen molar-refractivity contribution in [2.45, 2.75) is 58.3 Å². The summed E-state index contributed by atoms with van der Waals surface area (Å²) in [5, 5.41) is 2.49. The van der Waals surface area contributed by atoms with E-state index < -0.39 is 0 Å². The highest BCUT2D eigenvalue weighted by molar-refractivity contribution is 5.84. The Morgan fingerprint density at radius 1 is 0.812 bits per heavy atom. The van der Waals surface area contributed by atoms with E-state index in [1.807, 2.05) is 19.1 Å². The van der Waals surface area contributed by atoms with Gasteiger partial charge in [-0.05, 0) is 91.0 Å². The third-order valence-corrected chi connectivity index (χ3v) is 7.06. The molecule has 0 spiro atoms. The molecular formula is C31H36O. The van der Waals surface area contributed by atoms with Crippen molar-refractivity contribution in [3.05, 3.63) is 102 Å². The van der Waals surface area contributed by atoms with Crippen molar-refractivity contribution in [1.82, 2.24) is 0 Å². The lowest BCUT2D eigenvalue weighted by Gasteiger charge is -2.27. The maximum absolute atomic E-state index is 5.79. The average Bonchev–Trinajstić information content (AvgIpc) is 2.84. The Kier molecular flexibility index (Phi) is 7.47. The van der Waals surface area contributed by atoms with Crippen molar-refractivity contribution < 1.29 is 4.74 Å². The van der Waals surface area contributed by atoms with Crippen LogP contribution < -0.4 is 4.74 Å². The first-order chi connectivity index (χ1) is 15.7. The van der Waals surface area contributed by atoms with E-state index in [0.29, 0.717) is 12.5 Å². The van der Waals surface area contributed by atoms with Crippen molar-refractivity contribution in [3.8, 4) is 5.75 Å². The molecule has 0 N–H and O–H groups in total. The summed E-state index contributed by atoms with van der Waals surface area (Å²) in [5.74, 6) is 2.82. The van der Waals surface area contributed by atoms with Gasteiger partial charge in [0.25, 0.3) is 0 Å². The molecule has 0 saturated heterocycles. The minimum absolute atomic E-state index is 0.379. The quantitative estimate of drug-likeness (QED) is 0.344. The number of rotatable bonds is 7. The molecule has 166 valence electrons. The number of allylic oxidation sites excluding steroid dienone is 3. The van der Waals surface area contributed by atoms with Crippen LogP contribution in [0, 0.1) is 5.92 Å². The highest BCUT2D eigenvalue weighted by Gasteiger charge is 2.21. The monoisotopic (exact) mass is 424 g/mol. The van der Waals surface area contributed by atoms with Crippen LogP contribution in [0.4, 0.5) is 0 Å². The summed E-state index contributed by atoms with van der Waals surface area (Å²) < 4.78 is 5.79. The maximum Gasteiger partial charge on any atom is 0.120 e. The molecule has 1 aliphatic rings. The largest absolute Gasteiger partial charge is 0.490 e. The topological polar surface area (TPSA) is 9.23 Å². The van der Waals surface area contributed by atoms with Crippen LogP contribution in [0.5, 0.6) is 5.75 Å². The van der Waals surface area contributed by atoms with Gasteiger partial charge < -0.3 is 4.74 Å². The number of hydrogen-bond donors (Lipinski definition) is 0. The van der Waals surface area contributed by atoms with E-state index in [1.54, 1.807) is 0 Å². The second kappa shape index (κ2) is 10.7. The molecule has 0 amide bonds. The molecule has 1 fully saturated rings. The summed E-state index contributed by atoms with van der Waals surface area (Å²) >= 11 is 0. The van der Waals surface area contributed by atoms with Crippen LogP contribution in [0.1, 0.15) is 75.0 Å². The normalized spacial score (nSPS) is 20.2. The van der Waals surface area contributed by atoms with E-state index >= 15 is 0 Å². The molecule has 1 nitrogen and oxygen atoms in total. The van der Waals surface area contributed by atoms with Crippen LogP contribution in [-0.2, 0) is 0 Å². The molecule has 0 heterocycles. The van der Waals surface area contributed by atoms with Crippen LogP contribution >= 0.6 is 0 Å². The van der Waals surface area contributed by atoms with Gasteiger partial charge in [0.05, 0.1) is 0 Å². The second-order valence-corrected chi connectivity index (χ2v) is 9.17. The third-order valence-electron chi connectivity index (χ3n) is 7.06. The van der Waals surface area contributed by atoms with Crippen LogP contribution in [0.3, 0.4) is 0 Å². The Morgan fingerprint density at radius 3 is 2.22 bits per heavy atom. The standard InChI is InChI=1S/C31H36O/c1-4-6-20-32-31-19-18-29-21-28(16-17-30(29)22-31)23(3)25-12-14-27(15-13-25)26-10-8-24(7-5-2)9-11-26/h4-7,12-19,21-24,26H,8-11,20H2,1-3H3/b6-4+,7-5+. The van der Waals surface area contributed by atoms with Gasteiger partial charge in [-0.15, -0.1) is 0 Å². The summed E-state index contributed by atoms with van der Waals surface area (Å²) in [6.45, 7) is 7.08. The van der Waals surface area contributed by atoms with E-state index in [2.05, 4.69) is 86.7 Å². The molecule has 1 unspecified atom stereocenters. The molecule has 0 bridgehead atoms. The van der Waals surface area contributed by atoms with E-state index in [4.69, 9.17) is 4.74 Å². The highest BCUT2D eigenvalue weighted by atomic mass is 16.5. The summed E-state index contributed by atoms with van der Waals surface area (Å²) in [7, 11) is 0.